The maximum Gasteiger partial charge on any atom is 0.280 e. The Morgan fingerprint density at radius 2 is 1.86 bits per heavy atom. The first-order valence-corrected chi connectivity index (χ1v) is 7.69. The molecule has 1 aliphatic heterocycles. The van der Waals surface area contributed by atoms with Crippen molar-refractivity contribution in [1.82, 2.24) is 9.97 Å². The maximum atomic E-state index is 13.1. The number of aromatic nitrogens is 2. The van der Waals surface area contributed by atoms with E-state index in [1.807, 2.05) is 12.1 Å². The lowest BCUT2D eigenvalue weighted by atomic mass is 10.00. The molecule has 1 fully saturated rings. The van der Waals surface area contributed by atoms with Gasteiger partial charge in [0.15, 0.2) is 0 Å². The third-order valence-electron chi connectivity index (χ3n) is 4.37. The summed E-state index contributed by atoms with van der Waals surface area (Å²) in [7, 11) is 0. The number of fused-ring (bicyclic) bond motifs is 1. The van der Waals surface area contributed by atoms with Gasteiger partial charge in [-0.3, -0.25) is 0 Å². The van der Waals surface area contributed by atoms with Crippen LogP contribution in [-0.2, 0) is 13.0 Å². The molecule has 0 unspecified atom stereocenters. The molecule has 0 N–H and O–H groups in total. The molecule has 4 rings (SSSR count). The van der Waals surface area contributed by atoms with Crippen molar-refractivity contribution in [1.29, 1.82) is 0 Å². The van der Waals surface area contributed by atoms with E-state index in [-0.39, 0.29) is 11.6 Å². The Kier molecular flexibility index (Phi) is 3.28. The van der Waals surface area contributed by atoms with Gasteiger partial charge in [-0.15, -0.1) is 0 Å². The monoisotopic (exact) mass is 301 g/mol. The molecule has 2 heterocycles. The topological polar surface area (TPSA) is 29.0 Å². The Balaban J connectivity index is 1.67. The molecule has 2 aliphatic rings. The fraction of sp³-hybridized carbons (Fsp3) is 0.412. The zero-order valence-corrected chi connectivity index (χ0v) is 12.2. The molecular weight excluding hydrogens is 284 g/mol. The fourth-order valence-electron chi connectivity index (χ4n) is 2.96. The highest BCUT2D eigenvalue weighted by Gasteiger charge is 2.29. The maximum absolute atomic E-state index is 13.1. The molecule has 0 bridgehead atoms. The van der Waals surface area contributed by atoms with Gasteiger partial charge in [0.2, 0.25) is 0 Å². The van der Waals surface area contributed by atoms with Crippen molar-refractivity contribution >= 4 is 5.82 Å². The lowest BCUT2D eigenvalue weighted by Gasteiger charge is -2.30. The van der Waals surface area contributed by atoms with E-state index < -0.39 is 6.43 Å². The van der Waals surface area contributed by atoms with Gasteiger partial charge in [0.1, 0.15) is 17.3 Å². The summed E-state index contributed by atoms with van der Waals surface area (Å²) in [6.45, 7) is 1.53. The average Bonchev–Trinajstić information content (AvgIpc) is 3.39. The van der Waals surface area contributed by atoms with E-state index in [9.17, 15) is 8.78 Å². The van der Waals surface area contributed by atoms with Crippen molar-refractivity contribution in [2.75, 3.05) is 11.4 Å². The zero-order valence-electron chi connectivity index (χ0n) is 12.2. The minimum Gasteiger partial charge on any atom is -0.352 e. The number of alkyl halides is 2. The molecule has 22 heavy (non-hydrogen) atoms. The number of nitrogens with zero attached hydrogens (tertiary/aromatic N) is 3. The number of hydrogen-bond acceptors (Lipinski definition) is 3. The van der Waals surface area contributed by atoms with Crippen molar-refractivity contribution in [3.05, 3.63) is 53.0 Å². The Morgan fingerprint density at radius 3 is 2.59 bits per heavy atom. The van der Waals surface area contributed by atoms with Crippen LogP contribution in [0.4, 0.5) is 14.6 Å². The van der Waals surface area contributed by atoms with Gasteiger partial charge in [0.25, 0.3) is 6.43 Å². The summed E-state index contributed by atoms with van der Waals surface area (Å²) in [6, 6.07) is 9.73. The van der Waals surface area contributed by atoms with E-state index in [4.69, 9.17) is 0 Å². The van der Waals surface area contributed by atoms with E-state index in [0.29, 0.717) is 11.6 Å². The first kappa shape index (κ1) is 13.6. The van der Waals surface area contributed by atoms with E-state index >= 15 is 0 Å². The summed E-state index contributed by atoms with van der Waals surface area (Å²) in [5, 5.41) is 0. The van der Waals surface area contributed by atoms with Gasteiger partial charge in [0.05, 0.1) is 0 Å². The van der Waals surface area contributed by atoms with Gasteiger partial charge < -0.3 is 4.90 Å². The highest BCUT2D eigenvalue weighted by Crippen LogP contribution is 2.39. The van der Waals surface area contributed by atoms with E-state index in [0.717, 1.165) is 32.4 Å². The summed E-state index contributed by atoms with van der Waals surface area (Å²) in [5.41, 5.74) is 2.44. The summed E-state index contributed by atoms with van der Waals surface area (Å²) in [6.07, 6.45) is 0.392. The highest BCUT2D eigenvalue weighted by molar-refractivity contribution is 5.45. The van der Waals surface area contributed by atoms with Gasteiger partial charge in [-0.25, -0.2) is 18.7 Å². The highest BCUT2D eigenvalue weighted by atomic mass is 19.3. The molecule has 1 saturated carbocycles. The Hall–Kier alpha value is -2.04. The molecular formula is C17H17F2N3. The van der Waals surface area contributed by atoms with Gasteiger partial charge in [-0.05, 0) is 30.4 Å². The Bertz CT molecular complexity index is 678. The number of halogens is 2. The second kappa shape index (κ2) is 5.30. The second-order valence-corrected chi connectivity index (χ2v) is 6.02. The van der Waals surface area contributed by atoms with Crippen LogP contribution in [0.2, 0.25) is 0 Å². The number of rotatable bonds is 3. The molecule has 2 aromatic rings. The summed E-state index contributed by atoms with van der Waals surface area (Å²) in [4.78, 5) is 10.7. The molecule has 1 aliphatic carbocycles. The Morgan fingerprint density at radius 1 is 1.09 bits per heavy atom. The third-order valence-corrected chi connectivity index (χ3v) is 4.37. The molecule has 114 valence electrons. The van der Waals surface area contributed by atoms with Gasteiger partial charge in [-0.2, -0.15) is 0 Å². The lowest BCUT2D eigenvalue weighted by molar-refractivity contribution is 0.145. The predicted octanol–water partition coefficient (Wildman–Crippen LogP) is 3.85. The summed E-state index contributed by atoms with van der Waals surface area (Å²) >= 11 is 0. The van der Waals surface area contributed by atoms with Gasteiger partial charge in [-0.1, -0.05) is 24.3 Å². The van der Waals surface area contributed by atoms with E-state index in [1.54, 1.807) is 0 Å². The van der Waals surface area contributed by atoms with Crippen LogP contribution in [0.1, 0.15) is 47.8 Å². The van der Waals surface area contributed by atoms with E-state index in [2.05, 4.69) is 27.0 Å². The van der Waals surface area contributed by atoms with Crippen LogP contribution >= 0.6 is 0 Å². The minimum absolute atomic E-state index is 0.147. The average molecular weight is 301 g/mol. The first-order valence-electron chi connectivity index (χ1n) is 7.69. The van der Waals surface area contributed by atoms with Crippen LogP contribution in [-0.4, -0.2) is 16.5 Å². The molecule has 0 atom stereocenters. The molecule has 0 spiro atoms. The van der Waals surface area contributed by atoms with Crippen molar-refractivity contribution in [3.8, 4) is 0 Å². The molecule has 0 amide bonds. The van der Waals surface area contributed by atoms with Crippen LogP contribution < -0.4 is 4.90 Å². The van der Waals surface area contributed by atoms with Gasteiger partial charge in [0, 0.05) is 25.1 Å². The van der Waals surface area contributed by atoms with Crippen molar-refractivity contribution < 1.29 is 8.78 Å². The SMILES string of the molecule is FC(F)c1cc(N2CCc3ccccc3C2)nc(C2CC2)n1. The van der Waals surface area contributed by atoms with E-state index in [1.165, 1.54) is 17.2 Å². The fourth-order valence-corrected chi connectivity index (χ4v) is 2.96. The first-order chi connectivity index (χ1) is 10.7. The van der Waals surface area contributed by atoms with Crippen molar-refractivity contribution in [3.63, 3.8) is 0 Å². The Labute approximate surface area is 128 Å². The minimum atomic E-state index is -2.55. The lowest BCUT2D eigenvalue weighted by Crippen LogP contribution is -2.31. The standard InChI is InChI=1S/C17H17F2N3/c18-16(19)14-9-15(21-17(20-14)12-5-6-12)22-8-7-11-3-1-2-4-13(11)10-22/h1-4,9,12,16H,5-8,10H2. The number of anilines is 1. The molecule has 5 heteroatoms. The van der Waals surface area contributed by atoms with Crippen LogP contribution in [0.3, 0.4) is 0 Å². The van der Waals surface area contributed by atoms with Crippen LogP contribution in [0.5, 0.6) is 0 Å². The molecule has 3 nitrogen and oxygen atoms in total. The van der Waals surface area contributed by atoms with Crippen LogP contribution in [0, 0.1) is 0 Å². The summed E-state index contributed by atoms with van der Waals surface area (Å²) in [5.74, 6) is 1.50. The second-order valence-electron chi connectivity index (χ2n) is 6.02. The van der Waals surface area contributed by atoms with Crippen LogP contribution in [0.25, 0.3) is 0 Å². The van der Waals surface area contributed by atoms with Crippen molar-refractivity contribution in [2.45, 2.75) is 38.2 Å². The van der Waals surface area contributed by atoms with Gasteiger partial charge >= 0.3 is 0 Å². The molecule has 0 saturated heterocycles. The zero-order chi connectivity index (χ0) is 15.1. The smallest absolute Gasteiger partial charge is 0.280 e. The quantitative estimate of drug-likeness (QED) is 0.862. The molecule has 0 radical (unpaired) electrons. The normalized spacial score (nSPS) is 17.7. The van der Waals surface area contributed by atoms with Crippen molar-refractivity contribution in [2.24, 2.45) is 0 Å². The predicted molar refractivity (Wildman–Crippen MR) is 80.2 cm³/mol. The number of hydrogen-bond donors (Lipinski definition) is 0. The van der Waals surface area contributed by atoms with Crippen LogP contribution in [0.15, 0.2) is 30.3 Å². The largest absolute Gasteiger partial charge is 0.352 e. The third kappa shape index (κ3) is 2.56. The molecule has 1 aromatic heterocycles. The number of benzene rings is 1. The molecule has 1 aromatic carbocycles. The summed E-state index contributed by atoms with van der Waals surface area (Å²) < 4.78 is 26.2.